The first-order valence-electron chi connectivity index (χ1n) is 5.57. The molecule has 86 valence electrons. The van der Waals surface area contributed by atoms with Gasteiger partial charge in [0.25, 0.3) is 0 Å². The van der Waals surface area contributed by atoms with Crippen molar-refractivity contribution in [1.29, 1.82) is 0 Å². The molecule has 2 nitrogen and oxygen atoms in total. The standard InChI is InChI=1S/C14H15BrN2/c15-14(13-17-10-5-2-6-11-17)7-12-16-8-3-1-4-9-16/h1-11H,12-13H2/q+2. The van der Waals surface area contributed by atoms with Gasteiger partial charge in [0, 0.05) is 24.3 Å². The van der Waals surface area contributed by atoms with Crippen LogP contribution in [0.2, 0.25) is 0 Å². The van der Waals surface area contributed by atoms with E-state index in [0.29, 0.717) is 0 Å². The van der Waals surface area contributed by atoms with E-state index < -0.39 is 0 Å². The van der Waals surface area contributed by atoms with Gasteiger partial charge < -0.3 is 0 Å². The molecule has 0 aliphatic carbocycles. The quantitative estimate of drug-likeness (QED) is 0.763. The van der Waals surface area contributed by atoms with E-state index in [1.54, 1.807) is 0 Å². The van der Waals surface area contributed by atoms with Crippen LogP contribution in [0.1, 0.15) is 0 Å². The van der Waals surface area contributed by atoms with Crippen molar-refractivity contribution in [3.8, 4) is 0 Å². The second kappa shape index (κ2) is 6.30. The predicted octanol–water partition coefficient (Wildman–Crippen LogP) is 2.24. The first kappa shape index (κ1) is 12.0. The Kier molecular flexibility index (Phi) is 4.45. The topological polar surface area (TPSA) is 7.76 Å². The van der Waals surface area contributed by atoms with E-state index in [4.69, 9.17) is 0 Å². The van der Waals surface area contributed by atoms with Crippen LogP contribution < -0.4 is 9.13 Å². The molecule has 0 bridgehead atoms. The van der Waals surface area contributed by atoms with Crippen LogP contribution in [0.5, 0.6) is 0 Å². The molecule has 0 radical (unpaired) electrons. The number of aromatic nitrogens is 2. The smallest absolute Gasteiger partial charge is 0.180 e. The molecule has 0 unspecified atom stereocenters. The lowest BCUT2D eigenvalue weighted by molar-refractivity contribution is -0.691. The van der Waals surface area contributed by atoms with Crippen molar-refractivity contribution >= 4 is 15.9 Å². The molecule has 2 aromatic rings. The van der Waals surface area contributed by atoms with Crippen molar-refractivity contribution < 1.29 is 9.13 Å². The highest BCUT2D eigenvalue weighted by Gasteiger charge is 2.02. The molecule has 2 rings (SSSR count). The Bertz CT molecular complexity index is 480. The van der Waals surface area contributed by atoms with Gasteiger partial charge in [0.2, 0.25) is 0 Å². The zero-order chi connectivity index (χ0) is 11.9. The Morgan fingerprint density at radius 2 is 1.35 bits per heavy atom. The van der Waals surface area contributed by atoms with Crippen molar-refractivity contribution in [2.75, 3.05) is 0 Å². The average molecular weight is 291 g/mol. The van der Waals surface area contributed by atoms with E-state index in [0.717, 1.165) is 13.1 Å². The van der Waals surface area contributed by atoms with Crippen LogP contribution in [-0.2, 0) is 13.1 Å². The first-order valence-corrected chi connectivity index (χ1v) is 6.36. The molecular weight excluding hydrogens is 276 g/mol. The number of allylic oxidation sites excluding steroid dienone is 2. The van der Waals surface area contributed by atoms with E-state index in [9.17, 15) is 0 Å². The largest absolute Gasteiger partial charge is 0.201 e. The van der Waals surface area contributed by atoms with Crippen LogP contribution in [0, 0.1) is 0 Å². The van der Waals surface area contributed by atoms with Gasteiger partial charge in [-0.25, -0.2) is 9.13 Å². The molecule has 0 amide bonds. The van der Waals surface area contributed by atoms with Gasteiger partial charge in [-0.05, 0) is 22.0 Å². The lowest BCUT2D eigenvalue weighted by atomic mass is 10.4. The van der Waals surface area contributed by atoms with Crippen molar-refractivity contribution in [2.45, 2.75) is 13.1 Å². The summed E-state index contributed by atoms with van der Waals surface area (Å²) in [5.41, 5.74) is 0. The predicted molar refractivity (Wildman–Crippen MR) is 70.3 cm³/mol. The highest BCUT2D eigenvalue weighted by molar-refractivity contribution is 9.11. The summed E-state index contributed by atoms with van der Waals surface area (Å²) in [5.74, 6) is 0. The lowest BCUT2D eigenvalue weighted by Gasteiger charge is -1.95. The molecule has 17 heavy (non-hydrogen) atoms. The third kappa shape index (κ3) is 4.11. The third-order valence-corrected chi connectivity index (χ3v) is 2.99. The van der Waals surface area contributed by atoms with Gasteiger partial charge in [0.15, 0.2) is 37.9 Å². The van der Waals surface area contributed by atoms with Crippen LogP contribution in [0.25, 0.3) is 0 Å². The highest BCUT2D eigenvalue weighted by atomic mass is 79.9. The zero-order valence-electron chi connectivity index (χ0n) is 9.54. The van der Waals surface area contributed by atoms with Crippen molar-refractivity contribution in [3.05, 3.63) is 71.7 Å². The number of rotatable bonds is 4. The minimum Gasteiger partial charge on any atom is -0.201 e. The minimum atomic E-state index is 0.869. The van der Waals surface area contributed by atoms with Gasteiger partial charge in [0.05, 0.1) is 4.48 Å². The maximum absolute atomic E-state index is 3.60. The van der Waals surface area contributed by atoms with E-state index in [-0.39, 0.29) is 0 Å². The summed E-state index contributed by atoms with van der Waals surface area (Å²) in [6, 6.07) is 12.2. The molecular formula is C14H15BrN2+2. The number of hydrogen-bond donors (Lipinski definition) is 0. The molecule has 0 aromatic carbocycles. The molecule has 0 saturated heterocycles. The second-order valence-corrected chi connectivity index (χ2v) is 4.79. The Morgan fingerprint density at radius 1 is 0.824 bits per heavy atom. The molecule has 0 spiro atoms. The summed E-state index contributed by atoms with van der Waals surface area (Å²) in [6.07, 6.45) is 10.4. The fraction of sp³-hybridized carbons (Fsp3) is 0.143. The molecule has 0 atom stereocenters. The van der Waals surface area contributed by atoms with Gasteiger partial charge in [-0.3, -0.25) is 0 Å². The molecule has 0 fully saturated rings. The molecule has 0 saturated carbocycles. The summed E-state index contributed by atoms with van der Waals surface area (Å²) >= 11 is 3.60. The minimum absolute atomic E-state index is 0.869. The monoisotopic (exact) mass is 290 g/mol. The highest BCUT2D eigenvalue weighted by Crippen LogP contribution is 2.03. The Morgan fingerprint density at radius 3 is 1.94 bits per heavy atom. The summed E-state index contributed by atoms with van der Waals surface area (Å²) in [5, 5.41) is 0. The van der Waals surface area contributed by atoms with E-state index in [1.807, 2.05) is 36.4 Å². The molecule has 2 aromatic heterocycles. The third-order valence-electron chi connectivity index (χ3n) is 2.41. The number of nitrogens with zero attached hydrogens (tertiary/aromatic N) is 2. The lowest BCUT2D eigenvalue weighted by Crippen LogP contribution is -2.34. The van der Waals surface area contributed by atoms with Crippen LogP contribution in [-0.4, -0.2) is 0 Å². The van der Waals surface area contributed by atoms with Gasteiger partial charge in [-0.1, -0.05) is 12.1 Å². The number of hydrogen-bond acceptors (Lipinski definition) is 0. The average Bonchev–Trinajstić information content (AvgIpc) is 2.39. The van der Waals surface area contributed by atoms with Crippen LogP contribution in [0.15, 0.2) is 71.7 Å². The van der Waals surface area contributed by atoms with Crippen molar-refractivity contribution in [2.24, 2.45) is 0 Å². The summed E-state index contributed by atoms with van der Waals surface area (Å²) < 4.78 is 5.46. The van der Waals surface area contributed by atoms with Gasteiger partial charge in [0.1, 0.15) is 0 Å². The summed E-state index contributed by atoms with van der Waals surface area (Å²) in [4.78, 5) is 0. The molecule has 2 heterocycles. The number of halogens is 1. The first-order chi connectivity index (χ1) is 8.34. The SMILES string of the molecule is BrC(=CC[n+]1ccccc1)C[n+]1ccccc1. The second-order valence-electron chi connectivity index (χ2n) is 3.77. The Labute approximate surface area is 110 Å². The van der Waals surface area contributed by atoms with Gasteiger partial charge in [-0.2, -0.15) is 0 Å². The van der Waals surface area contributed by atoms with Gasteiger partial charge in [-0.15, -0.1) is 0 Å². The zero-order valence-corrected chi connectivity index (χ0v) is 11.1. The summed E-state index contributed by atoms with van der Waals surface area (Å²) in [7, 11) is 0. The van der Waals surface area contributed by atoms with Gasteiger partial charge >= 0.3 is 0 Å². The molecule has 0 aliphatic rings. The van der Waals surface area contributed by atoms with Crippen molar-refractivity contribution in [1.82, 2.24) is 0 Å². The Hall–Kier alpha value is -1.48. The maximum atomic E-state index is 3.60. The van der Waals surface area contributed by atoms with Crippen molar-refractivity contribution in [3.63, 3.8) is 0 Å². The van der Waals surface area contributed by atoms with Crippen LogP contribution >= 0.6 is 15.9 Å². The Balaban J connectivity index is 1.94. The van der Waals surface area contributed by atoms with Crippen LogP contribution in [0.3, 0.4) is 0 Å². The van der Waals surface area contributed by atoms with E-state index in [1.165, 1.54) is 4.48 Å². The molecule has 0 aliphatic heterocycles. The van der Waals surface area contributed by atoms with E-state index in [2.05, 4.69) is 55.9 Å². The molecule has 0 N–H and O–H groups in total. The van der Waals surface area contributed by atoms with Crippen LogP contribution in [0.4, 0.5) is 0 Å². The summed E-state index contributed by atoms with van der Waals surface area (Å²) in [6.45, 7) is 1.75. The maximum Gasteiger partial charge on any atom is 0.180 e. The normalized spacial score (nSPS) is 11.5. The fourth-order valence-electron chi connectivity index (χ4n) is 1.54. The number of pyridine rings is 2. The van der Waals surface area contributed by atoms with E-state index >= 15 is 0 Å². The fourth-order valence-corrected chi connectivity index (χ4v) is 1.97. The molecule has 3 heteroatoms.